The van der Waals surface area contributed by atoms with Crippen molar-refractivity contribution >= 4 is 5.91 Å². The SMILES string of the molecule is CN(Cc1n[nH]c2c1CCC2)C(=O)CCCc1nc(-c2ccncc2)no1. The molecule has 0 fully saturated rings. The van der Waals surface area contributed by atoms with Gasteiger partial charge in [0.05, 0.1) is 12.2 Å². The van der Waals surface area contributed by atoms with E-state index in [0.29, 0.717) is 37.5 Å². The van der Waals surface area contributed by atoms with E-state index < -0.39 is 0 Å². The van der Waals surface area contributed by atoms with Crippen LogP contribution in [0.1, 0.15) is 42.1 Å². The minimum absolute atomic E-state index is 0.0959. The monoisotopic (exact) mass is 366 g/mol. The third kappa shape index (κ3) is 3.89. The van der Waals surface area contributed by atoms with Gasteiger partial charge in [0.1, 0.15) is 0 Å². The summed E-state index contributed by atoms with van der Waals surface area (Å²) in [4.78, 5) is 22.5. The molecule has 8 heteroatoms. The summed E-state index contributed by atoms with van der Waals surface area (Å²) in [6, 6.07) is 3.66. The molecule has 0 saturated heterocycles. The fourth-order valence-corrected chi connectivity index (χ4v) is 3.39. The molecule has 4 rings (SSSR count). The number of carbonyl (C=O) groups is 1. The number of aromatic nitrogens is 5. The largest absolute Gasteiger partial charge is 0.340 e. The van der Waals surface area contributed by atoms with Crippen LogP contribution in [0.4, 0.5) is 0 Å². The van der Waals surface area contributed by atoms with Crippen LogP contribution in [0.25, 0.3) is 11.4 Å². The number of nitrogens with one attached hydrogen (secondary N) is 1. The molecule has 8 nitrogen and oxygen atoms in total. The molecule has 27 heavy (non-hydrogen) atoms. The van der Waals surface area contributed by atoms with Gasteiger partial charge in [0.25, 0.3) is 0 Å². The van der Waals surface area contributed by atoms with Crippen LogP contribution in [0, 0.1) is 0 Å². The number of aryl methyl sites for hydroxylation is 2. The molecule has 1 N–H and O–H groups in total. The third-order valence-corrected chi connectivity index (χ3v) is 4.89. The molecular formula is C19H22N6O2. The highest BCUT2D eigenvalue weighted by atomic mass is 16.5. The average molecular weight is 366 g/mol. The van der Waals surface area contributed by atoms with Gasteiger partial charge in [0.15, 0.2) is 0 Å². The van der Waals surface area contributed by atoms with Crippen LogP contribution >= 0.6 is 0 Å². The number of H-pyrrole nitrogens is 1. The predicted octanol–water partition coefficient (Wildman–Crippen LogP) is 2.32. The van der Waals surface area contributed by atoms with E-state index in [9.17, 15) is 4.79 Å². The van der Waals surface area contributed by atoms with Crippen molar-refractivity contribution in [2.24, 2.45) is 0 Å². The molecule has 140 valence electrons. The van der Waals surface area contributed by atoms with E-state index in [1.165, 1.54) is 17.7 Å². The maximum absolute atomic E-state index is 12.4. The highest BCUT2D eigenvalue weighted by Crippen LogP contribution is 2.23. The molecular weight excluding hydrogens is 344 g/mol. The zero-order valence-corrected chi connectivity index (χ0v) is 15.3. The van der Waals surface area contributed by atoms with Gasteiger partial charge >= 0.3 is 0 Å². The number of rotatable bonds is 7. The summed E-state index contributed by atoms with van der Waals surface area (Å²) in [7, 11) is 1.83. The smallest absolute Gasteiger partial charge is 0.226 e. The first-order chi connectivity index (χ1) is 13.2. The van der Waals surface area contributed by atoms with Gasteiger partial charge in [-0.3, -0.25) is 14.9 Å². The molecule has 1 aliphatic rings. The fraction of sp³-hybridized carbons (Fsp3) is 0.421. The molecule has 0 unspecified atom stereocenters. The molecule has 0 saturated carbocycles. The van der Waals surface area contributed by atoms with Gasteiger partial charge in [-0.05, 0) is 43.4 Å². The lowest BCUT2D eigenvalue weighted by Crippen LogP contribution is -2.26. The van der Waals surface area contributed by atoms with Crippen molar-refractivity contribution < 1.29 is 9.32 Å². The molecule has 1 aliphatic carbocycles. The van der Waals surface area contributed by atoms with Crippen LogP contribution < -0.4 is 0 Å². The summed E-state index contributed by atoms with van der Waals surface area (Å²) in [6.45, 7) is 0.553. The van der Waals surface area contributed by atoms with Crippen LogP contribution in [-0.4, -0.2) is 43.2 Å². The first-order valence-electron chi connectivity index (χ1n) is 9.22. The molecule has 3 heterocycles. The van der Waals surface area contributed by atoms with Crippen molar-refractivity contribution in [2.45, 2.75) is 45.1 Å². The van der Waals surface area contributed by atoms with Crippen LogP contribution in [0.3, 0.4) is 0 Å². The Morgan fingerprint density at radius 3 is 3.00 bits per heavy atom. The molecule has 0 radical (unpaired) electrons. The number of pyridine rings is 1. The average Bonchev–Trinajstić information content (AvgIpc) is 3.41. The summed E-state index contributed by atoms with van der Waals surface area (Å²) >= 11 is 0. The van der Waals surface area contributed by atoms with Crippen molar-refractivity contribution in [3.63, 3.8) is 0 Å². The molecule has 1 amide bonds. The molecule has 0 spiro atoms. The molecule has 0 atom stereocenters. The van der Waals surface area contributed by atoms with Crippen molar-refractivity contribution in [2.75, 3.05) is 7.05 Å². The van der Waals surface area contributed by atoms with Crippen LogP contribution in [0.2, 0.25) is 0 Å². The Balaban J connectivity index is 1.26. The van der Waals surface area contributed by atoms with E-state index in [4.69, 9.17) is 4.52 Å². The van der Waals surface area contributed by atoms with Gasteiger partial charge < -0.3 is 9.42 Å². The number of nitrogens with zero attached hydrogens (tertiary/aromatic N) is 5. The van der Waals surface area contributed by atoms with Crippen molar-refractivity contribution in [1.29, 1.82) is 0 Å². The Morgan fingerprint density at radius 2 is 2.15 bits per heavy atom. The van der Waals surface area contributed by atoms with Gasteiger partial charge in [0.2, 0.25) is 17.6 Å². The maximum Gasteiger partial charge on any atom is 0.226 e. The molecule has 3 aromatic rings. The van der Waals surface area contributed by atoms with Crippen molar-refractivity contribution in [3.8, 4) is 11.4 Å². The molecule has 3 aromatic heterocycles. The summed E-state index contributed by atoms with van der Waals surface area (Å²) in [5, 5.41) is 11.4. The van der Waals surface area contributed by atoms with Crippen molar-refractivity contribution in [3.05, 3.63) is 47.4 Å². The Kier molecular flexibility index (Phi) is 4.95. The van der Waals surface area contributed by atoms with E-state index in [-0.39, 0.29) is 5.91 Å². The van der Waals surface area contributed by atoms with E-state index in [1.54, 1.807) is 17.3 Å². The normalized spacial score (nSPS) is 12.9. The number of aromatic amines is 1. The standard InChI is InChI=1S/C19H22N6O2/c1-25(12-16-14-4-2-5-15(14)22-23-16)18(26)7-3-6-17-21-19(24-27-17)13-8-10-20-11-9-13/h8-11H,2-7,12H2,1H3,(H,22,23). The minimum Gasteiger partial charge on any atom is -0.340 e. The second-order valence-electron chi connectivity index (χ2n) is 6.83. The second-order valence-corrected chi connectivity index (χ2v) is 6.83. The topological polar surface area (TPSA) is 101 Å². The highest BCUT2D eigenvalue weighted by Gasteiger charge is 2.20. The van der Waals surface area contributed by atoms with Crippen LogP contribution in [-0.2, 0) is 30.6 Å². The first kappa shape index (κ1) is 17.4. The van der Waals surface area contributed by atoms with E-state index in [1.807, 2.05) is 19.2 Å². The van der Waals surface area contributed by atoms with Gasteiger partial charge in [0, 0.05) is 43.5 Å². The van der Waals surface area contributed by atoms with Crippen molar-refractivity contribution in [1.82, 2.24) is 30.2 Å². The summed E-state index contributed by atoms with van der Waals surface area (Å²) in [5.74, 6) is 1.18. The Hall–Kier alpha value is -3.03. The highest BCUT2D eigenvalue weighted by molar-refractivity contribution is 5.75. The Morgan fingerprint density at radius 1 is 1.30 bits per heavy atom. The summed E-state index contributed by atoms with van der Waals surface area (Å²) in [6.07, 6.45) is 8.35. The quantitative estimate of drug-likeness (QED) is 0.689. The molecule has 0 aromatic carbocycles. The number of hydrogen-bond acceptors (Lipinski definition) is 6. The summed E-state index contributed by atoms with van der Waals surface area (Å²) in [5.41, 5.74) is 4.39. The van der Waals surface area contributed by atoms with Gasteiger partial charge in [-0.25, -0.2) is 0 Å². The number of hydrogen-bond donors (Lipinski definition) is 1. The zero-order valence-electron chi connectivity index (χ0n) is 15.3. The van der Waals surface area contributed by atoms with E-state index in [0.717, 1.165) is 24.1 Å². The lowest BCUT2D eigenvalue weighted by Gasteiger charge is -2.16. The van der Waals surface area contributed by atoms with E-state index >= 15 is 0 Å². The lowest BCUT2D eigenvalue weighted by atomic mass is 10.2. The molecule has 0 aliphatic heterocycles. The third-order valence-electron chi connectivity index (χ3n) is 4.89. The first-order valence-corrected chi connectivity index (χ1v) is 9.22. The number of fused-ring (bicyclic) bond motifs is 1. The van der Waals surface area contributed by atoms with Crippen LogP contribution in [0.5, 0.6) is 0 Å². The molecule has 0 bridgehead atoms. The minimum atomic E-state index is 0.0959. The number of carbonyl (C=O) groups excluding carboxylic acids is 1. The maximum atomic E-state index is 12.4. The zero-order chi connectivity index (χ0) is 18.6. The Bertz CT molecular complexity index is 917. The number of amides is 1. The van der Waals surface area contributed by atoms with E-state index in [2.05, 4.69) is 25.3 Å². The van der Waals surface area contributed by atoms with Gasteiger partial charge in [-0.15, -0.1) is 0 Å². The predicted molar refractivity (Wildman–Crippen MR) is 97.6 cm³/mol. The Labute approximate surface area is 157 Å². The lowest BCUT2D eigenvalue weighted by molar-refractivity contribution is -0.130. The summed E-state index contributed by atoms with van der Waals surface area (Å²) < 4.78 is 5.28. The van der Waals surface area contributed by atoms with Gasteiger partial charge in [-0.2, -0.15) is 10.1 Å². The second kappa shape index (κ2) is 7.69. The van der Waals surface area contributed by atoms with Crippen LogP contribution in [0.15, 0.2) is 29.0 Å². The van der Waals surface area contributed by atoms with Gasteiger partial charge in [-0.1, -0.05) is 5.16 Å². The fourth-order valence-electron chi connectivity index (χ4n) is 3.39.